The molecule has 0 aliphatic carbocycles. The van der Waals surface area contributed by atoms with Crippen molar-refractivity contribution in [1.29, 1.82) is 0 Å². The Kier molecular flexibility index (Phi) is 6.12. The summed E-state index contributed by atoms with van der Waals surface area (Å²) >= 11 is 3.17. The summed E-state index contributed by atoms with van der Waals surface area (Å²) in [6, 6.07) is 2.52. The molecular formula is C12H16BrNO5S. The molecule has 6 nitrogen and oxygen atoms in total. The molecule has 0 atom stereocenters. The Morgan fingerprint density at radius 3 is 2.65 bits per heavy atom. The van der Waals surface area contributed by atoms with Crippen LogP contribution in [0.5, 0.6) is 0 Å². The molecular weight excluding hydrogens is 350 g/mol. The third-order valence-corrected chi connectivity index (χ3v) is 4.87. The lowest BCUT2D eigenvalue weighted by Gasteiger charge is -2.10. The van der Waals surface area contributed by atoms with E-state index in [0.717, 1.165) is 6.07 Å². The highest BCUT2D eigenvalue weighted by Gasteiger charge is 2.19. The van der Waals surface area contributed by atoms with E-state index in [1.165, 1.54) is 6.07 Å². The minimum Gasteiger partial charge on any atom is -0.478 e. The van der Waals surface area contributed by atoms with Crippen LogP contribution >= 0.6 is 15.9 Å². The highest BCUT2D eigenvalue weighted by atomic mass is 79.9. The molecule has 2 N–H and O–H groups in total. The van der Waals surface area contributed by atoms with Crippen LogP contribution in [0.3, 0.4) is 0 Å². The van der Waals surface area contributed by atoms with Gasteiger partial charge in [0.1, 0.15) is 0 Å². The van der Waals surface area contributed by atoms with E-state index in [-0.39, 0.29) is 23.6 Å². The summed E-state index contributed by atoms with van der Waals surface area (Å²) in [7, 11) is -3.76. The average molecular weight is 366 g/mol. The number of ether oxygens (including phenoxy) is 1. The van der Waals surface area contributed by atoms with Crippen LogP contribution in [0.15, 0.2) is 21.5 Å². The van der Waals surface area contributed by atoms with Gasteiger partial charge >= 0.3 is 5.97 Å². The van der Waals surface area contributed by atoms with Crippen molar-refractivity contribution in [2.24, 2.45) is 0 Å². The quantitative estimate of drug-likeness (QED) is 0.718. The fourth-order valence-electron chi connectivity index (χ4n) is 1.51. The first-order valence-electron chi connectivity index (χ1n) is 5.90. The van der Waals surface area contributed by atoms with Gasteiger partial charge in [-0.2, -0.15) is 0 Å². The van der Waals surface area contributed by atoms with Gasteiger partial charge in [-0.1, -0.05) is 15.9 Å². The van der Waals surface area contributed by atoms with Crippen LogP contribution in [0.25, 0.3) is 0 Å². The zero-order valence-corrected chi connectivity index (χ0v) is 13.5. The minimum atomic E-state index is -3.76. The molecule has 0 aromatic heterocycles. The molecule has 1 aromatic rings. The van der Waals surface area contributed by atoms with Gasteiger partial charge in [-0.3, -0.25) is 0 Å². The second kappa shape index (κ2) is 7.16. The first kappa shape index (κ1) is 17.1. The van der Waals surface area contributed by atoms with Crippen LogP contribution in [0.1, 0.15) is 22.8 Å². The summed E-state index contributed by atoms with van der Waals surface area (Å²) in [5.74, 6) is -1.17. The second-order valence-corrected chi connectivity index (χ2v) is 6.60. The first-order valence-corrected chi connectivity index (χ1v) is 8.18. The predicted octanol–water partition coefficient (Wildman–Crippen LogP) is 1.77. The van der Waals surface area contributed by atoms with Crippen LogP contribution in [-0.2, 0) is 14.8 Å². The molecule has 0 amide bonds. The van der Waals surface area contributed by atoms with Crippen molar-refractivity contribution < 1.29 is 23.1 Å². The standard InChI is InChI=1S/C12H16BrNO5S/c1-3-19-5-4-14-20(17,18)9-6-10(12(15)16)8(2)11(13)7-9/h6-7,14H,3-5H2,1-2H3,(H,15,16). The van der Waals surface area contributed by atoms with Gasteiger partial charge in [0.25, 0.3) is 0 Å². The Bertz CT molecular complexity index is 600. The Balaban J connectivity index is 3.04. The van der Waals surface area contributed by atoms with E-state index in [4.69, 9.17) is 9.84 Å². The number of halogens is 1. The molecule has 0 aliphatic rings. The summed E-state index contributed by atoms with van der Waals surface area (Å²) in [6.45, 7) is 4.30. The Morgan fingerprint density at radius 1 is 1.45 bits per heavy atom. The molecule has 20 heavy (non-hydrogen) atoms. The maximum absolute atomic E-state index is 12.1. The van der Waals surface area contributed by atoms with Crippen LogP contribution in [0, 0.1) is 6.92 Å². The van der Waals surface area contributed by atoms with Crippen LogP contribution in [0.4, 0.5) is 0 Å². The van der Waals surface area contributed by atoms with Crippen molar-refractivity contribution in [3.63, 3.8) is 0 Å². The fourth-order valence-corrected chi connectivity index (χ4v) is 3.18. The molecule has 112 valence electrons. The Labute approximate surface area is 126 Å². The van der Waals surface area contributed by atoms with E-state index in [9.17, 15) is 13.2 Å². The largest absolute Gasteiger partial charge is 0.478 e. The number of benzene rings is 1. The molecule has 0 bridgehead atoms. The lowest BCUT2D eigenvalue weighted by atomic mass is 10.1. The van der Waals surface area contributed by atoms with Gasteiger partial charge in [0, 0.05) is 17.6 Å². The van der Waals surface area contributed by atoms with E-state index in [2.05, 4.69) is 20.7 Å². The molecule has 0 spiro atoms. The van der Waals surface area contributed by atoms with E-state index in [1.54, 1.807) is 6.92 Å². The molecule has 1 rings (SSSR count). The monoisotopic (exact) mass is 365 g/mol. The number of carboxylic acid groups (broad SMARTS) is 1. The normalized spacial score (nSPS) is 11.6. The lowest BCUT2D eigenvalue weighted by Crippen LogP contribution is -2.27. The maximum atomic E-state index is 12.1. The lowest BCUT2D eigenvalue weighted by molar-refractivity contribution is 0.0695. The number of nitrogens with one attached hydrogen (secondary N) is 1. The summed E-state index contributed by atoms with van der Waals surface area (Å²) < 4.78 is 31.9. The predicted molar refractivity (Wildman–Crippen MR) is 77.5 cm³/mol. The highest BCUT2D eigenvalue weighted by Crippen LogP contribution is 2.24. The van der Waals surface area contributed by atoms with Gasteiger partial charge in [0.15, 0.2) is 0 Å². The third kappa shape index (κ3) is 4.27. The topological polar surface area (TPSA) is 92.7 Å². The minimum absolute atomic E-state index is 0.0513. The van der Waals surface area contributed by atoms with Gasteiger partial charge in [-0.05, 0) is 31.5 Å². The molecule has 0 saturated carbocycles. The smallest absolute Gasteiger partial charge is 0.336 e. The van der Waals surface area contributed by atoms with E-state index in [1.807, 2.05) is 6.92 Å². The average Bonchev–Trinajstić information content (AvgIpc) is 2.37. The number of aromatic carboxylic acids is 1. The molecule has 0 saturated heterocycles. The number of hydrogen-bond donors (Lipinski definition) is 2. The number of hydrogen-bond acceptors (Lipinski definition) is 4. The van der Waals surface area contributed by atoms with Crippen molar-refractivity contribution in [3.8, 4) is 0 Å². The van der Waals surface area contributed by atoms with Crippen LogP contribution < -0.4 is 4.72 Å². The Hall–Kier alpha value is -0.960. The molecule has 0 radical (unpaired) electrons. The van der Waals surface area contributed by atoms with E-state index >= 15 is 0 Å². The molecule has 1 aromatic carbocycles. The summed E-state index contributed by atoms with van der Waals surface area (Å²) in [4.78, 5) is 11.0. The number of sulfonamides is 1. The third-order valence-electron chi connectivity index (χ3n) is 2.60. The van der Waals surface area contributed by atoms with Gasteiger partial charge in [0.2, 0.25) is 10.0 Å². The number of carbonyl (C=O) groups is 1. The van der Waals surface area contributed by atoms with Gasteiger partial charge in [0.05, 0.1) is 17.1 Å². The van der Waals surface area contributed by atoms with E-state index < -0.39 is 16.0 Å². The second-order valence-electron chi connectivity index (χ2n) is 3.98. The zero-order chi connectivity index (χ0) is 15.3. The van der Waals surface area contributed by atoms with Gasteiger partial charge < -0.3 is 9.84 Å². The van der Waals surface area contributed by atoms with Crippen LogP contribution in [-0.4, -0.2) is 39.3 Å². The van der Waals surface area contributed by atoms with Crippen LogP contribution in [0.2, 0.25) is 0 Å². The van der Waals surface area contributed by atoms with Crippen molar-refractivity contribution in [2.75, 3.05) is 19.8 Å². The highest BCUT2D eigenvalue weighted by molar-refractivity contribution is 9.10. The number of carboxylic acids is 1. The van der Waals surface area contributed by atoms with Gasteiger partial charge in [-0.25, -0.2) is 17.9 Å². The zero-order valence-electron chi connectivity index (χ0n) is 11.1. The molecule has 0 fully saturated rings. The molecule has 0 heterocycles. The SMILES string of the molecule is CCOCCNS(=O)(=O)c1cc(Br)c(C)c(C(=O)O)c1. The fraction of sp³-hybridized carbons (Fsp3) is 0.417. The van der Waals surface area contributed by atoms with Crippen molar-refractivity contribution in [3.05, 3.63) is 27.7 Å². The molecule has 0 unspecified atom stereocenters. The summed E-state index contributed by atoms with van der Waals surface area (Å²) in [6.07, 6.45) is 0. The van der Waals surface area contributed by atoms with Crippen molar-refractivity contribution >= 4 is 31.9 Å². The first-order chi connectivity index (χ1) is 9.29. The van der Waals surface area contributed by atoms with Crippen molar-refractivity contribution in [2.45, 2.75) is 18.7 Å². The number of rotatable bonds is 7. The summed E-state index contributed by atoms with van der Waals surface area (Å²) in [5.41, 5.74) is 0.426. The summed E-state index contributed by atoms with van der Waals surface area (Å²) in [5, 5.41) is 9.07. The van der Waals surface area contributed by atoms with Crippen molar-refractivity contribution in [1.82, 2.24) is 4.72 Å². The Morgan fingerprint density at radius 2 is 2.10 bits per heavy atom. The molecule has 0 aliphatic heterocycles. The van der Waals surface area contributed by atoms with E-state index in [0.29, 0.717) is 16.6 Å². The maximum Gasteiger partial charge on any atom is 0.336 e. The van der Waals surface area contributed by atoms with Gasteiger partial charge in [-0.15, -0.1) is 0 Å². The molecule has 8 heteroatoms.